The second-order valence-corrected chi connectivity index (χ2v) is 10.2. The van der Waals surface area contributed by atoms with E-state index in [9.17, 15) is 23.5 Å². The number of urea groups is 1. The van der Waals surface area contributed by atoms with Crippen molar-refractivity contribution in [2.45, 2.75) is 39.5 Å². The molecule has 0 bridgehead atoms. The van der Waals surface area contributed by atoms with Gasteiger partial charge in [-0.05, 0) is 71.0 Å². The summed E-state index contributed by atoms with van der Waals surface area (Å²) in [4.78, 5) is 28.0. The Bertz CT molecular complexity index is 1580. The number of carboxylic acids is 1. The normalized spacial score (nSPS) is 11.6. The molecule has 11 heteroatoms. The molecule has 1 aromatic heterocycles. The number of rotatable bonds is 12. The molecule has 43 heavy (non-hydrogen) atoms. The molecule has 0 saturated carbocycles. The first-order valence-corrected chi connectivity index (χ1v) is 13.6. The number of halogens is 2. The molecule has 0 aliphatic carbocycles. The van der Waals surface area contributed by atoms with E-state index in [2.05, 4.69) is 15.6 Å². The molecule has 2 amide bonds. The van der Waals surface area contributed by atoms with E-state index in [1.54, 1.807) is 50.2 Å². The highest BCUT2D eigenvalue weighted by Crippen LogP contribution is 2.32. The zero-order valence-corrected chi connectivity index (χ0v) is 23.6. The van der Waals surface area contributed by atoms with Crippen LogP contribution in [0, 0.1) is 17.6 Å². The van der Waals surface area contributed by atoms with Gasteiger partial charge in [-0.2, -0.15) is 4.98 Å². The summed E-state index contributed by atoms with van der Waals surface area (Å²) in [6.45, 7) is 3.98. The van der Waals surface area contributed by atoms with Crippen LogP contribution in [0.1, 0.15) is 31.4 Å². The molecule has 0 spiro atoms. The molecular weight excluding hydrogens is 558 g/mol. The van der Waals surface area contributed by atoms with Crippen molar-refractivity contribution in [3.8, 4) is 28.6 Å². The summed E-state index contributed by atoms with van der Waals surface area (Å²) in [5, 5.41) is 15.0. The highest BCUT2D eigenvalue weighted by molar-refractivity contribution is 5.89. The highest BCUT2D eigenvalue weighted by Gasteiger charge is 2.25. The van der Waals surface area contributed by atoms with E-state index in [0.717, 1.165) is 11.1 Å². The van der Waals surface area contributed by atoms with Crippen molar-refractivity contribution in [2.75, 3.05) is 5.32 Å². The Morgan fingerprint density at radius 3 is 2.33 bits per heavy atom. The zero-order valence-electron chi connectivity index (χ0n) is 23.6. The van der Waals surface area contributed by atoms with Crippen LogP contribution in [-0.4, -0.2) is 28.2 Å². The van der Waals surface area contributed by atoms with Gasteiger partial charge in [-0.15, -0.1) is 0 Å². The van der Waals surface area contributed by atoms with Gasteiger partial charge < -0.3 is 30.9 Å². The van der Waals surface area contributed by atoms with Gasteiger partial charge in [0.1, 0.15) is 5.75 Å². The number of ether oxygens (including phenoxy) is 2. The lowest BCUT2D eigenvalue weighted by molar-refractivity contribution is -0.146. The average molecular weight is 591 g/mol. The van der Waals surface area contributed by atoms with Gasteiger partial charge in [0.05, 0.1) is 0 Å². The quantitative estimate of drug-likeness (QED) is 0.148. The van der Waals surface area contributed by atoms with Crippen molar-refractivity contribution in [1.82, 2.24) is 10.3 Å². The summed E-state index contributed by atoms with van der Waals surface area (Å²) in [5.74, 6) is -4.82. The van der Waals surface area contributed by atoms with Crippen LogP contribution in [0.25, 0.3) is 11.1 Å². The van der Waals surface area contributed by atoms with E-state index in [1.807, 2.05) is 36.4 Å². The number of benzene rings is 3. The second kappa shape index (κ2) is 14.2. The number of nitrogens with zero attached hydrogens (tertiary/aromatic N) is 1. The van der Waals surface area contributed by atoms with Crippen LogP contribution in [0.4, 0.5) is 19.3 Å². The monoisotopic (exact) mass is 590 g/mol. The highest BCUT2D eigenvalue weighted by atomic mass is 19.1. The van der Waals surface area contributed by atoms with Crippen LogP contribution in [0.5, 0.6) is 17.5 Å². The molecule has 0 fully saturated rings. The fraction of sp³-hybridized carbons (Fsp3) is 0.219. The number of carbonyl (C=O) groups excluding carboxylic acids is 1. The lowest BCUT2D eigenvalue weighted by Gasteiger charge is -2.17. The van der Waals surface area contributed by atoms with Crippen molar-refractivity contribution >= 4 is 17.7 Å². The molecular formula is C32H32F2N4O5. The van der Waals surface area contributed by atoms with Crippen molar-refractivity contribution in [3.05, 3.63) is 102 Å². The maximum absolute atomic E-state index is 14.8. The first-order chi connectivity index (χ1) is 20.6. The van der Waals surface area contributed by atoms with Crippen LogP contribution in [-0.2, 0) is 17.9 Å². The molecule has 5 N–H and O–H groups in total. The van der Waals surface area contributed by atoms with Crippen LogP contribution in [0.3, 0.4) is 0 Å². The topological polar surface area (TPSA) is 136 Å². The van der Waals surface area contributed by atoms with Crippen LogP contribution >= 0.6 is 0 Å². The summed E-state index contributed by atoms with van der Waals surface area (Å²) in [6, 6.07) is 21.5. The number of aromatic nitrogens is 1. The molecule has 3 aromatic carbocycles. The maximum Gasteiger partial charge on any atom is 0.344 e. The minimum Gasteiger partial charge on any atom is -0.479 e. The van der Waals surface area contributed by atoms with Gasteiger partial charge in [0.15, 0.2) is 17.7 Å². The van der Waals surface area contributed by atoms with E-state index >= 15 is 0 Å². The van der Waals surface area contributed by atoms with Gasteiger partial charge in [0.2, 0.25) is 0 Å². The fourth-order valence-corrected chi connectivity index (χ4v) is 4.21. The summed E-state index contributed by atoms with van der Waals surface area (Å²) in [5.41, 5.74) is 9.39. The summed E-state index contributed by atoms with van der Waals surface area (Å²) < 4.78 is 40.4. The van der Waals surface area contributed by atoms with Gasteiger partial charge in [0.25, 0.3) is 11.8 Å². The van der Waals surface area contributed by atoms with E-state index < -0.39 is 41.5 Å². The molecule has 0 unspecified atom stereocenters. The molecule has 0 aliphatic heterocycles. The molecule has 9 nitrogen and oxygen atoms in total. The largest absolute Gasteiger partial charge is 0.479 e. The lowest BCUT2D eigenvalue weighted by Crippen LogP contribution is -2.29. The Kier molecular flexibility index (Phi) is 10.2. The third-order valence-corrected chi connectivity index (χ3v) is 6.24. The Morgan fingerprint density at radius 1 is 0.907 bits per heavy atom. The van der Waals surface area contributed by atoms with Gasteiger partial charge in [-0.3, -0.25) is 0 Å². The molecule has 4 aromatic rings. The first kappa shape index (κ1) is 30.9. The predicted octanol–water partition coefficient (Wildman–Crippen LogP) is 6.48. The van der Waals surface area contributed by atoms with Crippen LogP contribution in [0.15, 0.2) is 78.9 Å². The minimum absolute atomic E-state index is 0.0670. The Labute approximate surface area is 247 Å². The number of hydrogen-bond donors (Lipinski definition) is 4. The van der Waals surface area contributed by atoms with E-state index in [-0.39, 0.29) is 24.6 Å². The SMILES string of the molecule is CC(C)C[C@@H](Oc1nc(Oc2cc(CNC(=O)Nc3ccccc3)cc(-c3cccc(CN)c3)c2)c(F)cc1F)C(=O)O. The van der Waals surface area contributed by atoms with Crippen molar-refractivity contribution in [2.24, 2.45) is 11.7 Å². The van der Waals surface area contributed by atoms with E-state index in [1.165, 1.54) is 0 Å². The van der Waals surface area contributed by atoms with Gasteiger partial charge >= 0.3 is 12.0 Å². The number of pyridine rings is 1. The fourth-order valence-electron chi connectivity index (χ4n) is 4.21. The average Bonchev–Trinajstić information content (AvgIpc) is 2.98. The molecule has 1 heterocycles. The Balaban J connectivity index is 1.63. The third-order valence-electron chi connectivity index (χ3n) is 6.24. The van der Waals surface area contributed by atoms with Crippen LogP contribution < -0.4 is 25.8 Å². The molecule has 224 valence electrons. The molecule has 0 saturated heterocycles. The molecule has 0 radical (unpaired) electrons. The minimum atomic E-state index is -1.39. The molecule has 4 rings (SSSR count). The molecule has 0 aliphatic rings. The maximum atomic E-state index is 14.8. The predicted molar refractivity (Wildman–Crippen MR) is 158 cm³/mol. The summed E-state index contributed by atoms with van der Waals surface area (Å²) >= 11 is 0. The van der Waals surface area contributed by atoms with E-state index in [0.29, 0.717) is 29.4 Å². The van der Waals surface area contributed by atoms with Gasteiger partial charge in [0, 0.05) is 24.8 Å². The Hall–Kier alpha value is -5.03. The van der Waals surface area contributed by atoms with Crippen molar-refractivity contribution in [3.63, 3.8) is 0 Å². The number of carboxylic acid groups (broad SMARTS) is 1. The first-order valence-electron chi connectivity index (χ1n) is 13.6. The number of hydrogen-bond acceptors (Lipinski definition) is 6. The van der Waals surface area contributed by atoms with Crippen LogP contribution in [0.2, 0.25) is 0 Å². The zero-order chi connectivity index (χ0) is 30.9. The lowest BCUT2D eigenvalue weighted by atomic mass is 10.0. The van der Waals surface area contributed by atoms with Crippen molar-refractivity contribution < 1.29 is 33.0 Å². The number of aliphatic carboxylic acids is 1. The van der Waals surface area contributed by atoms with E-state index in [4.69, 9.17) is 15.2 Å². The summed E-state index contributed by atoms with van der Waals surface area (Å²) in [6.07, 6.45) is -1.31. The third kappa shape index (κ3) is 8.73. The number of carbonyl (C=O) groups is 2. The van der Waals surface area contributed by atoms with Crippen molar-refractivity contribution in [1.29, 1.82) is 0 Å². The number of para-hydroxylation sites is 1. The number of amides is 2. The molecule has 1 atom stereocenters. The number of nitrogens with one attached hydrogen (secondary N) is 2. The summed E-state index contributed by atoms with van der Waals surface area (Å²) in [7, 11) is 0. The number of nitrogens with two attached hydrogens (primary N) is 1. The van der Waals surface area contributed by atoms with Gasteiger partial charge in [-0.25, -0.2) is 18.4 Å². The van der Waals surface area contributed by atoms with Gasteiger partial charge in [-0.1, -0.05) is 50.2 Å². The second-order valence-electron chi connectivity index (χ2n) is 10.2. The number of anilines is 1. The Morgan fingerprint density at radius 2 is 1.63 bits per heavy atom. The standard InChI is InChI=1S/C32H32F2N4O5/c1-19(2)11-28(31(39)40)43-30-27(34)16-26(33)29(38-30)42-25-14-21(18-36-32(41)37-24-9-4-3-5-10-24)13-23(15-25)22-8-6-7-20(12-22)17-35/h3-10,12-16,19,28H,11,17-18,35H2,1-2H3,(H,39,40)(H2,36,37,41)/t28-/m1/s1. The smallest absolute Gasteiger partial charge is 0.344 e.